The topological polar surface area (TPSA) is 97.3 Å². The maximum absolute atomic E-state index is 11.9. The molecule has 1 heterocycles. The predicted molar refractivity (Wildman–Crippen MR) is 66.8 cm³/mol. The average molecular weight is 272 g/mol. The van der Waals surface area contributed by atoms with Gasteiger partial charge in [-0.25, -0.2) is 4.79 Å². The number of hydrogen-bond donors (Lipinski definition) is 1. The van der Waals surface area contributed by atoms with Crippen LogP contribution in [0.1, 0.15) is 40.0 Å². The molecule has 0 bridgehead atoms. The van der Waals surface area contributed by atoms with Crippen molar-refractivity contribution in [2.75, 3.05) is 13.1 Å². The summed E-state index contributed by atoms with van der Waals surface area (Å²) in [6.45, 7) is 6.70. The summed E-state index contributed by atoms with van der Waals surface area (Å²) in [7, 11) is 0. The van der Waals surface area contributed by atoms with E-state index in [-0.39, 0.29) is 24.5 Å². The van der Waals surface area contributed by atoms with E-state index < -0.39 is 11.6 Å². The Labute approximate surface area is 113 Å². The van der Waals surface area contributed by atoms with Gasteiger partial charge in [-0.1, -0.05) is 0 Å². The third-order valence-electron chi connectivity index (χ3n) is 3.29. The van der Waals surface area contributed by atoms with Gasteiger partial charge in [0.2, 0.25) is 0 Å². The van der Waals surface area contributed by atoms with Crippen molar-refractivity contribution < 1.29 is 25.2 Å². The number of amides is 1. The van der Waals surface area contributed by atoms with Gasteiger partial charge in [0, 0.05) is 31.4 Å². The highest BCUT2D eigenvalue weighted by Crippen LogP contribution is 2.22. The van der Waals surface area contributed by atoms with Crippen LogP contribution in [-0.4, -0.2) is 41.7 Å². The van der Waals surface area contributed by atoms with Gasteiger partial charge in [0.25, 0.3) is 0 Å². The number of carboxylic acids is 1. The van der Waals surface area contributed by atoms with Crippen LogP contribution in [0.25, 0.3) is 0 Å². The molecule has 6 heteroatoms. The molecule has 0 radical (unpaired) electrons. The van der Waals surface area contributed by atoms with Gasteiger partial charge in [-0.15, -0.1) is 0 Å². The van der Waals surface area contributed by atoms with Crippen molar-refractivity contribution in [1.29, 1.82) is 0 Å². The van der Waals surface area contributed by atoms with Crippen molar-refractivity contribution in [2.24, 2.45) is 5.92 Å². The van der Waals surface area contributed by atoms with Gasteiger partial charge in [-0.05, 0) is 33.6 Å². The minimum absolute atomic E-state index is 0.0168. The van der Waals surface area contributed by atoms with Gasteiger partial charge in [0.1, 0.15) is 5.60 Å². The van der Waals surface area contributed by atoms with Crippen LogP contribution >= 0.6 is 0 Å². The molecule has 0 spiro atoms. The van der Waals surface area contributed by atoms with Gasteiger partial charge in [-0.3, -0.25) is 0 Å². The van der Waals surface area contributed by atoms with Crippen LogP contribution in [-0.2, 0) is 9.53 Å². The predicted octanol–water partition coefficient (Wildman–Crippen LogP) is -0.616. The Balaban J connectivity index is 2.40. The standard InChI is InChI=1S/C13H24N2O4/c1-13(2,3)19-12(18)15-6-4-9(5-7-15)10(14)8-11(16)17/h9-10H,4-8,14H2,1-3H3,(H,16,17)/t10-/m0/s1. The van der Waals surface area contributed by atoms with Crippen molar-refractivity contribution in [2.45, 2.75) is 51.7 Å². The Morgan fingerprint density at radius 1 is 1.37 bits per heavy atom. The van der Waals surface area contributed by atoms with E-state index in [2.05, 4.69) is 5.73 Å². The van der Waals surface area contributed by atoms with Gasteiger partial charge in [-0.2, -0.15) is 0 Å². The van der Waals surface area contributed by atoms with E-state index in [0.29, 0.717) is 13.1 Å². The molecule has 6 nitrogen and oxygen atoms in total. The molecule has 1 rings (SSSR count). The van der Waals surface area contributed by atoms with Gasteiger partial charge >= 0.3 is 6.09 Å². The third-order valence-corrected chi connectivity index (χ3v) is 3.29. The molecular weight excluding hydrogens is 248 g/mol. The van der Waals surface area contributed by atoms with E-state index in [1.165, 1.54) is 0 Å². The first kappa shape index (κ1) is 15.8. The Bertz CT molecular complexity index is 330. The highest BCUT2D eigenvalue weighted by Gasteiger charge is 2.30. The number of hydrogen-bond acceptors (Lipinski definition) is 4. The lowest BCUT2D eigenvalue weighted by molar-refractivity contribution is -0.438. The molecule has 110 valence electrons. The van der Waals surface area contributed by atoms with E-state index in [1.54, 1.807) is 4.90 Å². The lowest BCUT2D eigenvalue weighted by Gasteiger charge is -2.34. The SMILES string of the molecule is CC(C)(C)OC(=O)N1CCC([C@@H]([NH3+])CC(=O)[O-])CC1. The minimum atomic E-state index is -1.06. The number of piperidine rings is 1. The van der Waals surface area contributed by atoms with Crippen LogP contribution < -0.4 is 10.8 Å². The Morgan fingerprint density at radius 3 is 2.32 bits per heavy atom. The summed E-state index contributed by atoms with van der Waals surface area (Å²) in [5, 5.41) is 10.5. The highest BCUT2D eigenvalue weighted by atomic mass is 16.6. The zero-order chi connectivity index (χ0) is 14.6. The molecule has 1 aliphatic rings. The summed E-state index contributed by atoms with van der Waals surface area (Å²) < 4.78 is 5.30. The smallest absolute Gasteiger partial charge is 0.410 e. The van der Waals surface area contributed by atoms with Crippen molar-refractivity contribution >= 4 is 12.1 Å². The number of carboxylic acid groups (broad SMARTS) is 1. The number of quaternary nitrogens is 1. The normalized spacial score (nSPS) is 19.1. The first-order valence-electron chi connectivity index (χ1n) is 6.70. The van der Waals surface area contributed by atoms with Crippen LogP contribution in [0.4, 0.5) is 4.79 Å². The third kappa shape index (κ3) is 5.46. The molecule has 0 aliphatic carbocycles. The fourth-order valence-corrected chi connectivity index (χ4v) is 2.26. The fourth-order valence-electron chi connectivity index (χ4n) is 2.26. The molecule has 1 aliphatic heterocycles. The summed E-state index contributed by atoms with van der Waals surface area (Å²) in [5.74, 6) is -0.828. The molecule has 1 fully saturated rings. The summed E-state index contributed by atoms with van der Waals surface area (Å²) in [4.78, 5) is 24.1. The van der Waals surface area contributed by atoms with Crippen molar-refractivity contribution in [3.63, 3.8) is 0 Å². The Kier molecular flexibility index (Phi) is 5.17. The number of rotatable bonds is 3. The number of carbonyl (C=O) groups is 2. The Morgan fingerprint density at radius 2 is 1.89 bits per heavy atom. The molecule has 1 atom stereocenters. The van der Waals surface area contributed by atoms with Crippen LogP contribution in [0.3, 0.4) is 0 Å². The van der Waals surface area contributed by atoms with Gasteiger partial charge in [0.05, 0.1) is 6.04 Å². The van der Waals surface area contributed by atoms with Crippen LogP contribution in [0.5, 0.6) is 0 Å². The van der Waals surface area contributed by atoms with E-state index >= 15 is 0 Å². The molecule has 0 aromatic rings. The highest BCUT2D eigenvalue weighted by molar-refractivity contribution is 5.68. The fraction of sp³-hybridized carbons (Fsp3) is 0.846. The van der Waals surface area contributed by atoms with Crippen LogP contribution in [0, 0.1) is 5.92 Å². The van der Waals surface area contributed by atoms with Gasteiger partial charge in [0.15, 0.2) is 0 Å². The largest absolute Gasteiger partial charge is 0.550 e. The van der Waals surface area contributed by atoms with Crippen LogP contribution in [0.15, 0.2) is 0 Å². The molecule has 0 aromatic carbocycles. The number of carbonyl (C=O) groups excluding carboxylic acids is 2. The summed E-state index contributed by atoms with van der Waals surface area (Å²) in [5.41, 5.74) is 3.39. The van der Waals surface area contributed by atoms with Crippen molar-refractivity contribution in [1.82, 2.24) is 4.90 Å². The molecule has 1 saturated heterocycles. The van der Waals surface area contributed by atoms with Gasteiger partial charge < -0.3 is 25.3 Å². The lowest BCUT2D eigenvalue weighted by Crippen LogP contribution is -2.66. The maximum atomic E-state index is 11.9. The maximum Gasteiger partial charge on any atom is 0.410 e. The molecule has 19 heavy (non-hydrogen) atoms. The lowest BCUT2D eigenvalue weighted by atomic mass is 9.88. The zero-order valence-electron chi connectivity index (χ0n) is 12.0. The van der Waals surface area contributed by atoms with E-state index in [0.717, 1.165) is 12.8 Å². The van der Waals surface area contributed by atoms with E-state index in [4.69, 9.17) is 4.74 Å². The minimum Gasteiger partial charge on any atom is -0.550 e. The molecule has 0 unspecified atom stereocenters. The first-order chi connectivity index (χ1) is 8.69. The Hall–Kier alpha value is -1.30. The molecule has 0 aromatic heterocycles. The molecule has 0 saturated carbocycles. The second-order valence-electron chi connectivity index (χ2n) is 6.14. The second kappa shape index (κ2) is 6.23. The monoisotopic (exact) mass is 272 g/mol. The number of ether oxygens (including phenoxy) is 1. The summed E-state index contributed by atoms with van der Waals surface area (Å²) >= 11 is 0. The molecule has 1 amide bonds. The second-order valence-corrected chi connectivity index (χ2v) is 6.14. The summed E-state index contributed by atoms with van der Waals surface area (Å²) in [6.07, 6.45) is 1.21. The molecular formula is C13H24N2O4. The zero-order valence-corrected chi connectivity index (χ0v) is 12.0. The van der Waals surface area contributed by atoms with E-state index in [9.17, 15) is 14.7 Å². The van der Waals surface area contributed by atoms with Crippen LogP contribution in [0.2, 0.25) is 0 Å². The number of aliphatic carboxylic acids is 1. The van der Waals surface area contributed by atoms with Crippen molar-refractivity contribution in [3.8, 4) is 0 Å². The number of likely N-dealkylation sites (tertiary alicyclic amines) is 1. The van der Waals surface area contributed by atoms with E-state index in [1.807, 2.05) is 20.8 Å². The summed E-state index contributed by atoms with van der Waals surface area (Å²) in [6, 6.07) is -0.147. The first-order valence-corrected chi connectivity index (χ1v) is 6.70. The molecule has 3 N–H and O–H groups in total. The van der Waals surface area contributed by atoms with Crippen molar-refractivity contribution in [3.05, 3.63) is 0 Å². The number of nitrogens with zero attached hydrogens (tertiary/aromatic N) is 1. The average Bonchev–Trinajstić information content (AvgIpc) is 2.26. The quantitative estimate of drug-likeness (QED) is 0.740.